The first-order chi connectivity index (χ1) is 8.29. The second-order valence-corrected chi connectivity index (χ2v) is 4.98. The largest absolute Gasteiger partial charge is 0.486 e. The minimum Gasteiger partial charge on any atom is -0.486 e. The number of hydrogen-bond acceptors (Lipinski definition) is 3. The maximum Gasteiger partial charge on any atom is 0.170 e. The number of carbonyl (C=O) groups excluding carboxylic acids is 1. The molecule has 0 radical (unpaired) electrons. The van der Waals surface area contributed by atoms with E-state index < -0.39 is 0 Å². The summed E-state index contributed by atoms with van der Waals surface area (Å²) in [7, 11) is 0. The Balaban J connectivity index is 1.94. The summed E-state index contributed by atoms with van der Waals surface area (Å²) in [4.78, 5) is 12.2. The number of para-hydroxylation sites is 1. The molecule has 1 saturated heterocycles. The van der Waals surface area contributed by atoms with E-state index in [1.165, 1.54) is 0 Å². The van der Waals surface area contributed by atoms with Crippen LogP contribution in [0.2, 0.25) is 0 Å². The smallest absolute Gasteiger partial charge is 0.170 e. The van der Waals surface area contributed by atoms with E-state index in [0.29, 0.717) is 6.42 Å². The fourth-order valence-electron chi connectivity index (χ4n) is 2.82. The highest BCUT2D eigenvalue weighted by Crippen LogP contribution is 2.38. The predicted molar refractivity (Wildman–Crippen MR) is 65.5 cm³/mol. The minimum atomic E-state index is -0.255. The van der Waals surface area contributed by atoms with Gasteiger partial charge >= 0.3 is 0 Å². The van der Waals surface area contributed by atoms with Gasteiger partial charge in [0.2, 0.25) is 0 Å². The van der Waals surface area contributed by atoms with Crippen molar-refractivity contribution in [1.82, 2.24) is 5.32 Å². The Bertz CT molecular complexity index is 434. The van der Waals surface area contributed by atoms with Gasteiger partial charge in [-0.15, -0.1) is 0 Å². The number of hydrogen-bond donors (Lipinski definition) is 1. The lowest BCUT2D eigenvalue weighted by Gasteiger charge is -2.37. The summed E-state index contributed by atoms with van der Waals surface area (Å²) in [6.45, 7) is 1.97. The molecule has 1 aromatic carbocycles. The molecule has 0 aliphatic carbocycles. The molecular weight excluding hydrogens is 214 g/mol. The van der Waals surface area contributed by atoms with Crippen LogP contribution in [0.15, 0.2) is 24.3 Å². The highest BCUT2D eigenvalue weighted by atomic mass is 16.5. The summed E-state index contributed by atoms with van der Waals surface area (Å²) in [6.07, 6.45) is 3.51. The fraction of sp³-hybridized carbons (Fsp3) is 0.500. The molecule has 1 spiro atoms. The van der Waals surface area contributed by atoms with Gasteiger partial charge in [0.15, 0.2) is 5.78 Å². The van der Waals surface area contributed by atoms with E-state index in [2.05, 4.69) is 5.32 Å². The van der Waals surface area contributed by atoms with Gasteiger partial charge in [-0.2, -0.15) is 0 Å². The molecule has 0 bridgehead atoms. The third-order valence-electron chi connectivity index (χ3n) is 3.74. The van der Waals surface area contributed by atoms with E-state index in [4.69, 9.17) is 4.74 Å². The fourth-order valence-corrected chi connectivity index (χ4v) is 2.82. The minimum absolute atomic E-state index is 0.230. The SMILES string of the molecule is O=C1CC2(CCCNCC2)Oc2ccccc21. The van der Waals surface area contributed by atoms with Crippen molar-refractivity contribution < 1.29 is 9.53 Å². The van der Waals surface area contributed by atoms with Crippen molar-refractivity contribution in [3.63, 3.8) is 0 Å². The van der Waals surface area contributed by atoms with E-state index in [1.54, 1.807) is 0 Å². The van der Waals surface area contributed by atoms with E-state index in [-0.39, 0.29) is 11.4 Å². The molecule has 1 aromatic rings. The third kappa shape index (κ3) is 1.95. The molecule has 3 nitrogen and oxygen atoms in total. The zero-order valence-corrected chi connectivity index (χ0v) is 9.87. The lowest BCUT2D eigenvalue weighted by atomic mass is 9.84. The monoisotopic (exact) mass is 231 g/mol. The average Bonchev–Trinajstić information content (AvgIpc) is 2.55. The average molecular weight is 231 g/mol. The Labute approximate surface area is 101 Å². The summed E-state index contributed by atoms with van der Waals surface area (Å²) in [6, 6.07) is 7.60. The second kappa shape index (κ2) is 4.15. The number of nitrogens with one attached hydrogen (secondary N) is 1. The van der Waals surface area contributed by atoms with Crippen LogP contribution in [0.25, 0.3) is 0 Å². The number of Topliss-reactive ketones (excluding diaryl/α,β-unsaturated/α-hetero) is 1. The van der Waals surface area contributed by atoms with Crippen LogP contribution in [-0.4, -0.2) is 24.5 Å². The van der Waals surface area contributed by atoms with Crippen LogP contribution in [0.5, 0.6) is 5.75 Å². The quantitative estimate of drug-likeness (QED) is 0.743. The number of benzene rings is 1. The Kier molecular flexibility index (Phi) is 2.63. The predicted octanol–water partition coefficient (Wildman–Crippen LogP) is 2.16. The molecule has 2 aliphatic heterocycles. The van der Waals surface area contributed by atoms with Gasteiger partial charge in [-0.25, -0.2) is 0 Å². The van der Waals surface area contributed by atoms with Crippen LogP contribution < -0.4 is 10.1 Å². The highest BCUT2D eigenvalue weighted by molar-refractivity contribution is 6.00. The molecule has 90 valence electrons. The van der Waals surface area contributed by atoms with Crippen molar-refractivity contribution in [3.8, 4) is 5.75 Å². The Morgan fingerprint density at radius 3 is 3.00 bits per heavy atom. The molecule has 17 heavy (non-hydrogen) atoms. The van der Waals surface area contributed by atoms with E-state index in [1.807, 2.05) is 24.3 Å². The van der Waals surface area contributed by atoms with Crippen molar-refractivity contribution in [2.24, 2.45) is 0 Å². The number of rotatable bonds is 0. The molecule has 1 unspecified atom stereocenters. The van der Waals surface area contributed by atoms with E-state index in [9.17, 15) is 4.79 Å². The lowest BCUT2D eigenvalue weighted by molar-refractivity contribution is 0.0321. The summed E-state index contributed by atoms with van der Waals surface area (Å²) in [5.41, 5.74) is 0.491. The van der Waals surface area contributed by atoms with Crippen molar-refractivity contribution in [1.29, 1.82) is 0 Å². The zero-order valence-electron chi connectivity index (χ0n) is 9.87. The Morgan fingerprint density at radius 1 is 1.18 bits per heavy atom. The van der Waals surface area contributed by atoms with E-state index >= 15 is 0 Å². The molecule has 0 saturated carbocycles. The third-order valence-corrected chi connectivity index (χ3v) is 3.74. The molecule has 3 rings (SSSR count). The van der Waals surface area contributed by atoms with Crippen molar-refractivity contribution in [2.75, 3.05) is 13.1 Å². The number of fused-ring (bicyclic) bond motifs is 1. The van der Waals surface area contributed by atoms with Crippen molar-refractivity contribution >= 4 is 5.78 Å². The summed E-state index contributed by atoms with van der Waals surface area (Å²) in [5, 5.41) is 3.37. The summed E-state index contributed by atoms with van der Waals surface area (Å²) in [5.74, 6) is 0.999. The molecule has 3 heteroatoms. The van der Waals surface area contributed by atoms with E-state index in [0.717, 1.165) is 43.7 Å². The van der Waals surface area contributed by atoms with Crippen molar-refractivity contribution in [3.05, 3.63) is 29.8 Å². The van der Waals surface area contributed by atoms with Crippen LogP contribution >= 0.6 is 0 Å². The number of ether oxygens (including phenoxy) is 1. The maximum absolute atomic E-state index is 12.2. The van der Waals surface area contributed by atoms with Gasteiger partial charge < -0.3 is 10.1 Å². The van der Waals surface area contributed by atoms with Gasteiger partial charge in [0.05, 0.1) is 12.0 Å². The first kappa shape index (κ1) is 10.8. The van der Waals surface area contributed by atoms with Gasteiger partial charge in [-0.3, -0.25) is 4.79 Å². The number of ketones is 1. The topological polar surface area (TPSA) is 38.3 Å². The molecule has 2 aliphatic rings. The first-order valence-electron chi connectivity index (χ1n) is 6.31. The lowest BCUT2D eigenvalue weighted by Crippen LogP contribution is -2.42. The van der Waals surface area contributed by atoms with Gasteiger partial charge in [0.1, 0.15) is 11.4 Å². The maximum atomic E-state index is 12.2. The Morgan fingerprint density at radius 2 is 2.06 bits per heavy atom. The van der Waals surface area contributed by atoms with Crippen LogP contribution in [0.3, 0.4) is 0 Å². The molecule has 1 N–H and O–H groups in total. The van der Waals surface area contributed by atoms with Gasteiger partial charge in [-0.1, -0.05) is 12.1 Å². The van der Waals surface area contributed by atoms with Crippen LogP contribution in [0.1, 0.15) is 36.0 Å². The Hall–Kier alpha value is -1.35. The highest BCUT2D eigenvalue weighted by Gasteiger charge is 2.40. The normalized spacial score (nSPS) is 28.4. The standard InChI is InChI=1S/C14H17NO2/c16-12-10-14(6-3-8-15-9-7-14)17-13-5-2-1-4-11(12)13/h1-2,4-5,15H,3,6-10H2. The molecular formula is C14H17NO2. The number of carbonyl (C=O) groups is 1. The molecule has 1 fully saturated rings. The van der Waals surface area contributed by atoms with Gasteiger partial charge in [0.25, 0.3) is 0 Å². The van der Waals surface area contributed by atoms with Gasteiger partial charge in [0, 0.05) is 6.42 Å². The first-order valence-corrected chi connectivity index (χ1v) is 6.31. The zero-order chi connectivity index (χ0) is 11.7. The molecule has 0 aromatic heterocycles. The molecule has 1 atom stereocenters. The second-order valence-electron chi connectivity index (χ2n) is 4.98. The van der Waals surface area contributed by atoms with Gasteiger partial charge in [-0.05, 0) is 38.1 Å². The summed E-state index contributed by atoms with van der Waals surface area (Å²) < 4.78 is 6.15. The van der Waals surface area contributed by atoms with Crippen LogP contribution in [-0.2, 0) is 0 Å². The molecule has 0 amide bonds. The summed E-state index contributed by atoms with van der Waals surface area (Å²) >= 11 is 0. The van der Waals surface area contributed by atoms with Crippen LogP contribution in [0, 0.1) is 0 Å². The molecule has 2 heterocycles. The van der Waals surface area contributed by atoms with Crippen LogP contribution in [0.4, 0.5) is 0 Å². The van der Waals surface area contributed by atoms with Crippen molar-refractivity contribution in [2.45, 2.75) is 31.3 Å².